The molecule has 18 heavy (non-hydrogen) atoms. The summed E-state index contributed by atoms with van der Waals surface area (Å²) in [6, 6.07) is 0. The standard InChI is InChI=1S/C14H25N3O/c1-10-11(2)16-17(12(10)3)8-6-13-5-4-7-14(13,15)9-18/h13,18H,4-9,15H2,1-3H3. The first kappa shape index (κ1) is 13.6. The van der Waals surface area contributed by atoms with Crippen LogP contribution in [-0.2, 0) is 6.54 Å². The van der Waals surface area contributed by atoms with Gasteiger partial charge in [0, 0.05) is 17.8 Å². The lowest BCUT2D eigenvalue weighted by Gasteiger charge is -2.29. The third-order valence-corrected chi connectivity index (χ3v) is 4.73. The summed E-state index contributed by atoms with van der Waals surface area (Å²) in [6.45, 7) is 7.30. The van der Waals surface area contributed by atoms with Crippen molar-refractivity contribution in [3.8, 4) is 0 Å². The Morgan fingerprint density at radius 2 is 2.17 bits per heavy atom. The van der Waals surface area contributed by atoms with Crippen LogP contribution in [0.2, 0.25) is 0 Å². The number of nitrogens with zero attached hydrogens (tertiary/aromatic N) is 2. The van der Waals surface area contributed by atoms with Gasteiger partial charge < -0.3 is 10.8 Å². The molecule has 4 nitrogen and oxygen atoms in total. The summed E-state index contributed by atoms with van der Waals surface area (Å²) < 4.78 is 2.08. The minimum absolute atomic E-state index is 0.105. The van der Waals surface area contributed by atoms with Gasteiger partial charge in [0.25, 0.3) is 0 Å². The van der Waals surface area contributed by atoms with Gasteiger partial charge in [0.1, 0.15) is 0 Å². The van der Waals surface area contributed by atoms with Gasteiger partial charge in [0.15, 0.2) is 0 Å². The van der Waals surface area contributed by atoms with Crippen molar-refractivity contribution < 1.29 is 5.11 Å². The highest BCUT2D eigenvalue weighted by molar-refractivity contribution is 5.22. The molecule has 1 heterocycles. The molecule has 1 aliphatic carbocycles. The van der Waals surface area contributed by atoms with Crippen LogP contribution < -0.4 is 5.73 Å². The molecule has 1 aromatic heterocycles. The average Bonchev–Trinajstić information content (AvgIpc) is 2.84. The molecule has 0 saturated heterocycles. The lowest BCUT2D eigenvalue weighted by atomic mass is 9.86. The minimum atomic E-state index is -0.356. The van der Waals surface area contributed by atoms with Crippen molar-refractivity contribution in [1.29, 1.82) is 0 Å². The topological polar surface area (TPSA) is 64.1 Å². The maximum Gasteiger partial charge on any atom is 0.0625 e. The molecule has 0 aliphatic heterocycles. The molecule has 3 N–H and O–H groups in total. The molecule has 4 heteroatoms. The highest BCUT2D eigenvalue weighted by atomic mass is 16.3. The lowest BCUT2D eigenvalue weighted by Crippen LogP contribution is -2.47. The number of aromatic nitrogens is 2. The molecule has 0 bridgehead atoms. The summed E-state index contributed by atoms with van der Waals surface area (Å²) in [5, 5.41) is 14.0. The normalized spacial score (nSPS) is 27.9. The van der Waals surface area contributed by atoms with Crippen LogP contribution in [0.15, 0.2) is 0 Å². The number of aliphatic hydroxyl groups is 1. The fraction of sp³-hybridized carbons (Fsp3) is 0.786. The predicted molar refractivity (Wildman–Crippen MR) is 72.4 cm³/mol. The number of nitrogens with two attached hydrogens (primary N) is 1. The maximum atomic E-state index is 9.45. The fourth-order valence-corrected chi connectivity index (χ4v) is 3.09. The van der Waals surface area contributed by atoms with Gasteiger partial charge in [-0.05, 0) is 51.5 Å². The predicted octanol–water partition coefficient (Wildman–Crippen LogP) is 1.69. The number of rotatable bonds is 4. The summed E-state index contributed by atoms with van der Waals surface area (Å²) in [5.41, 5.74) is 9.54. The van der Waals surface area contributed by atoms with Crippen molar-refractivity contribution >= 4 is 0 Å². The van der Waals surface area contributed by atoms with Crippen LogP contribution in [0, 0.1) is 26.7 Å². The summed E-state index contributed by atoms with van der Waals surface area (Å²) in [7, 11) is 0. The van der Waals surface area contributed by atoms with Crippen LogP contribution in [0.3, 0.4) is 0 Å². The number of hydrogen-bond donors (Lipinski definition) is 2. The smallest absolute Gasteiger partial charge is 0.0625 e. The molecule has 2 atom stereocenters. The van der Waals surface area contributed by atoms with E-state index in [0.29, 0.717) is 5.92 Å². The summed E-state index contributed by atoms with van der Waals surface area (Å²) >= 11 is 0. The zero-order chi connectivity index (χ0) is 13.3. The monoisotopic (exact) mass is 251 g/mol. The zero-order valence-electron chi connectivity index (χ0n) is 11.7. The van der Waals surface area contributed by atoms with Gasteiger partial charge in [0.2, 0.25) is 0 Å². The van der Waals surface area contributed by atoms with Crippen molar-refractivity contribution in [3.05, 3.63) is 17.0 Å². The van der Waals surface area contributed by atoms with E-state index in [0.717, 1.165) is 37.9 Å². The molecular formula is C14H25N3O. The van der Waals surface area contributed by atoms with E-state index in [9.17, 15) is 5.11 Å². The molecule has 2 unspecified atom stereocenters. The molecule has 1 fully saturated rings. The van der Waals surface area contributed by atoms with Crippen LogP contribution in [0.1, 0.15) is 42.6 Å². The Hall–Kier alpha value is -0.870. The van der Waals surface area contributed by atoms with Gasteiger partial charge in [-0.1, -0.05) is 6.42 Å². The molecule has 0 spiro atoms. The second kappa shape index (κ2) is 5.02. The first-order valence-electron chi connectivity index (χ1n) is 6.88. The quantitative estimate of drug-likeness (QED) is 0.856. The third-order valence-electron chi connectivity index (χ3n) is 4.73. The van der Waals surface area contributed by atoms with E-state index >= 15 is 0 Å². The highest BCUT2D eigenvalue weighted by Crippen LogP contribution is 2.36. The molecule has 1 aliphatic rings. The zero-order valence-corrected chi connectivity index (χ0v) is 11.7. The fourth-order valence-electron chi connectivity index (χ4n) is 3.09. The van der Waals surface area contributed by atoms with Crippen molar-refractivity contribution in [2.24, 2.45) is 11.7 Å². The largest absolute Gasteiger partial charge is 0.394 e. The summed E-state index contributed by atoms with van der Waals surface area (Å²) in [5.74, 6) is 0.423. The van der Waals surface area contributed by atoms with E-state index in [1.54, 1.807) is 0 Å². The van der Waals surface area contributed by atoms with Gasteiger partial charge in [-0.15, -0.1) is 0 Å². The maximum absolute atomic E-state index is 9.45. The van der Waals surface area contributed by atoms with Gasteiger partial charge >= 0.3 is 0 Å². The summed E-state index contributed by atoms with van der Waals surface area (Å²) in [4.78, 5) is 0. The van der Waals surface area contributed by atoms with E-state index in [1.165, 1.54) is 11.3 Å². The Morgan fingerprint density at radius 1 is 1.44 bits per heavy atom. The molecule has 102 valence electrons. The van der Waals surface area contributed by atoms with E-state index in [2.05, 4.69) is 30.6 Å². The van der Waals surface area contributed by atoms with Gasteiger partial charge in [-0.25, -0.2) is 0 Å². The number of aryl methyl sites for hydroxylation is 2. The van der Waals surface area contributed by atoms with Gasteiger partial charge in [-0.3, -0.25) is 4.68 Å². The van der Waals surface area contributed by atoms with E-state index in [4.69, 9.17) is 5.73 Å². The first-order valence-corrected chi connectivity index (χ1v) is 6.88. The third kappa shape index (κ3) is 2.31. The first-order chi connectivity index (χ1) is 8.48. The Balaban J connectivity index is 2.01. The van der Waals surface area contributed by atoms with Gasteiger partial charge in [-0.2, -0.15) is 5.10 Å². The second-order valence-electron chi connectivity index (χ2n) is 5.79. The Bertz CT molecular complexity index is 427. The SMILES string of the molecule is Cc1nn(CCC2CCCC2(N)CO)c(C)c1C. The van der Waals surface area contributed by atoms with Crippen molar-refractivity contribution in [3.63, 3.8) is 0 Å². The Kier molecular flexibility index (Phi) is 3.78. The van der Waals surface area contributed by atoms with Crippen LogP contribution in [0.25, 0.3) is 0 Å². The molecular weight excluding hydrogens is 226 g/mol. The van der Waals surface area contributed by atoms with Crippen molar-refractivity contribution in [1.82, 2.24) is 9.78 Å². The molecule has 0 amide bonds. The van der Waals surface area contributed by atoms with E-state index in [-0.39, 0.29) is 12.1 Å². The number of hydrogen-bond acceptors (Lipinski definition) is 3. The molecule has 2 rings (SSSR count). The van der Waals surface area contributed by atoms with E-state index in [1.807, 2.05) is 0 Å². The molecule has 1 aromatic rings. The second-order valence-corrected chi connectivity index (χ2v) is 5.79. The lowest BCUT2D eigenvalue weighted by molar-refractivity contribution is 0.152. The Labute approximate surface area is 109 Å². The van der Waals surface area contributed by atoms with Crippen LogP contribution in [-0.4, -0.2) is 27.0 Å². The van der Waals surface area contributed by atoms with Crippen LogP contribution in [0.5, 0.6) is 0 Å². The molecule has 0 radical (unpaired) electrons. The van der Waals surface area contributed by atoms with E-state index < -0.39 is 0 Å². The van der Waals surface area contributed by atoms with Crippen molar-refractivity contribution in [2.75, 3.05) is 6.61 Å². The number of aliphatic hydroxyl groups excluding tert-OH is 1. The van der Waals surface area contributed by atoms with Crippen molar-refractivity contribution in [2.45, 2.75) is 58.5 Å². The minimum Gasteiger partial charge on any atom is -0.394 e. The molecule has 0 aromatic carbocycles. The van der Waals surface area contributed by atoms with Crippen LogP contribution in [0.4, 0.5) is 0 Å². The van der Waals surface area contributed by atoms with Crippen LogP contribution >= 0.6 is 0 Å². The Morgan fingerprint density at radius 3 is 2.72 bits per heavy atom. The summed E-state index contributed by atoms with van der Waals surface area (Å²) in [6.07, 6.45) is 4.23. The van der Waals surface area contributed by atoms with Gasteiger partial charge in [0.05, 0.1) is 12.3 Å². The average molecular weight is 251 g/mol. The molecule has 1 saturated carbocycles. The highest BCUT2D eigenvalue weighted by Gasteiger charge is 2.38.